The first kappa shape index (κ1) is 17.3. The van der Waals surface area contributed by atoms with Gasteiger partial charge in [0, 0.05) is 17.8 Å². The number of aliphatic hydroxyl groups is 1. The van der Waals surface area contributed by atoms with E-state index in [2.05, 4.69) is 5.32 Å². The van der Waals surface area contributed by atoms with Crippen molar-refractivity contribution in [3.8, 4) is 5.75 Å². The number of amides is 1. The zero-order valence-corrected chi connectivity index (χ0v) is 14.2. The third kappa shape index (κ3) is 4.73. The van der Waals surface area contributed by atoms with Crippen LogP contribution in [0.5, 0.6) is 5.75 Å². The van der Waals surface area contributed by atoms with Crippen LogP contribution < -0.4 is 15.8 Å². The highest BCUT2D eigenvalue weighted by Gasteiger charge is 2.24. The molecule has 0 spiro atoms. The van der Waals surface area contributed by atoms with E-state index in [1.54, 1.807) is 12.1 Å². The van der Waals surface area contributed by atoms with Crippen LogP contribution in [0.3, 0.4) is 0 Å². The summed E-state index contributed by atoms with van der Waals surface area (Å²) in [7, 11) is 0. The van der Waals surface area contributed by atoms with Crippen molar-refractivity contribution in [3.05, 3.63) is 59.7 Å². The van der Waals surface area contributed by atoms with Gasteiger partial charge in [-0.2, -0.15) is 0 Å². The minimum absolute atomic E-state index is 0.107. The highest BCUT2D eigenvalue weighted by atomic mass is 16.5. The molecule has 0 radical (unpaired) electrons. The number of nitrogens with one attached hydrogen (secondary N) is 1. The van der Waals surface area contributed by atoms with Crippen molar-refractivity contribution in [2.75, 3.05) is 5.32 Å². The van der Waals surface area contributed by atoms with Gasteiger partial charge in [-0.25, -0.2) is 0 Å². The summed E-state index contributed by atoms with van der Waals surface area (Å²) in [4.78, 5) is 11.2. The number of primary amides is 1. The Hall–Kier alpha value is -2.53. The van der Waals surface area contributed by atoms with Gasteiger partial charge in [0.15, 0.2) is 0 Å². The molecular weight excluding hydrogens is 316 g/mol. The second-order valence-corrected chi connectivity index (χ2v) is 6.45. The Morgan fingerprint density at radius 2 is 1.92 bits per heavy atom. The number of hydrogen-bond donors (Lipinski definition) is 3. The first-order valence-corrected chi connectivity index (χ1v) is 8.69. The van der Waals surface area contributed by atoms with E-state index in [9.17, 15) is 9.90 Å². The fourth-order valence-corrected chi connectivity index (χ4v) is 3.08. The van der Waals surface area contributed by atoms with E-state index in [4.69, 9.17) is 10.5 Å². The molecule has 132 valence electrons. The van der Waals surface area contributed by atoms with Gasteiger partial charge in [-0.3, -0.25) is 4.79 Å². The van der Waals surface area contributed by atoms with E-state index >= 15 is 0 Å². The van der Waals surface area contributed by atoms with Crippen molar-refractivity contribution in [2.45, 2.75) is 44.4 Å². The van der Waals surface area contributed by atoms with Crippen LogP contribution in [0.25, 0.3) is 0 Å². The maximum atomic E-state index is 11.2. The Labute approximate surface area is 147 Å². The SMILES string of the molecule is NC(=O)c1cccc(CNc2ccc(OC3CCCCC3O)cc2)c1. The molecule has 2 unspecified atom stereocenters. The lowest BCUT2D eigenvalue weighted by Gasteiger charge is -2.28. The lowest BCUT2D eigenvalue weighted by molar-refractivity contribution is 0.00688. The zero-order chi connectivity index (χ0) is 17.6. The molecule has 3 rings (SSSR count). The molecular formula is C20H24N2O3. The number of carbonyl (C=O) groups excluding carboxylic acids is 1. The van der Waals surface area contributed by atoms with Gasteiger partial charge >= 0.3 is 0 Å². The molecule has 5 heteroatoms. The van der Waals surface area contributed by atoms with Crippen LogP contribution in [0.2, 0.25) is 0 Å². The van der Waals surface area contributed by atoms with Gasteiger partial charge in [0.25, 0.3) is 0 Å². The molecule has 1 amide bonds. The number of nitrogens with two attached hydrogens (primary N) is 1. The predicted molar refractivity (Wildman–Crippen MR) is 97.6 cm³/mol. The van der Waals surface area contributed by atoms with Crippen LogP contribution in [0.4, 0.5) is 5.69 Å². The van der Waals surface area contributed by atoms with Crippen LogP contribution >= 0.6 is 0 Å². The summed E-state index contributed by atoms with van der Waals surface area (Å²) < 4.78 is 5.90. The van der Waals surface area contributed by atoms with Crippen molar-refractivity contribution >= 4 is 11.6 Å². The normalized spacial score (nSPS) is 20.0. The number of ether oxygens (including phenoxy) is 1. The first-order valence-electron chi connectivity index (χ1n) is 8.69. The van der Waals surface area contributed by atoms with E-state index in [0.717, 1.165) is 42.7 Å². The van der Waals surface area contributed by atoms with E-state index < -0.39 is 5.91 Å². The van der Waals surface area contributed by atoms with Gasteiger partial charge in [-0.05, 0) is 61.2 Å². The van der Waals surface area contributed by atoms with Gasteiger partial charge in [0.1, 0.15) is 11.9 Å². The third-order valence-corrected chi connectivity index (χ3v) is 4.52. The lowest BCUT2D eigenvalue weighted by Crippen LogP contribution is -2.34. The second kappa shape index (κ2) is 8.03. The highest BCUT2D eigenvalue weighted by molar-refractivity contribution is 5.92. The van der Waals surface area contributed by atoms with Crippen molar-refractivity contribution < 1.29 is 14.6 Å². The predicted octanol–water partition coefficient (Wildman–Crippen LogP) is 3.08. The Morgan fingerprint density at radius 1 is 1.16 bits per heavy atom. The van der Waals surface area contributed by atoms with Crippen LogP contribution in [-0.2, 0) is 6.54 Å². The van der Waals surface area contributed by atoms with Gasteiger partial charge < -0.3 is 20.9 Å². The molecule has 0 bridgehead atoms. The van der Waals surface area contributed by atoms with Crippen molar-refractivity contribution in [1.29, 1.82) is 0 Å². The molecule has 1 saturated carbocycles. The first-order chi connectivity index (χ1) is 12.1. The van der Waals surface area contributed by atoms with Gasteiger partial charge in [0.05, 0.1) is 6.10 Å². The molecule has 1 fully saturated rings. The average Bonchev–Trinajstić information content (AvgIpc) is 2.63. The second-order valence-electron chi connectivity index (χ2n) is 6.45. The fraction of sp³-hybridized carbons (Fsp3) is 0.350. The van der Waals surface area contributed by atoms with E-state index in [1.807, 2.05) is 36.4 Å². The Balaban J connectivity index is 1.55. The summed E-state index contributed by atoms with van der Waals surface area (Å²) in [5.41, 5.74) is 7.76. The van der Waals surface area contributed by atoms with Crippen LogP contribution in [0.15, 0.2) is 48.5 Å². The van der Waals surface area contributed by atoms with Gasteiger partial charge in [-0.15, -0.1) is 0 Å². The van der Waals surface area contributed by atoms with Crippen LogP contribution in [-0.4, -0.2) is 23.2 Å². The Bertz CT molecular complexity index is 715. The van der Waals surface area contributed by atoms with E-state index in [0.29, 0.717) is 12.1 Å². The molecule has 0 heterocycles. The van der Waals surface area contributed by atoms with Crippen molar-refractivity contribution in [1.82, 2.24) is 0 Å². The molecule has 1 aliphatic rings. The summed E-state index contributed by atoms with van der Waals surface area (Å²) >= 11 is 0. The van der Waals surface area contributed by atoms with Crippen molar-refractivity contribution in [3.63, 3.8) is 0 Å². The lowest BCUT2D eigenvalue weighted by atomic mass is 9.95. The largest absolute Gasteiger partial charge is 0.488 e. The summed E-state index contributed by atoms with van der Waals surface area (Å²) in [6, 6.07) is 15.0. The Kier molecular flexibility index (Phi) is 5.56. The molecule has 4 N–H and O–H groups in total. The standard InChI is InChI=1S/C20H24N2O3/c21-20(24)15-5-3-4-14(12-15)13-22-16-8-10-17(11-9-16)25-19-7-2-1-6-18(19)23/h3-5,8-12,18-19,22-23H,1-2,6-7,13H2,(H2,21,24). The summed E-state index contributed by atoms with van der Waals surface area (Å²) in [6.07, 6.45) is 3.41. The molecule has 25 heavy (non-hydrogen) atoms. The van der Waals surface area contributed by atoms with Gasteiger partial charge in [0.2, 0.25) is 5.91 Å². The molecule has 0 aliphatic heterocycles. The van der Waals surface area contributed by atoms with Crippen molar-refractivity contribution in [2.24, 2.45) is 5.73 Å². The van der Waals surface area contributed by atoms with E-state index in [1.165, 1.54) is 0 Å². The summed E-state index contributed by atoms with van der Waals surface area (Å²) in [5, 5.41) is 13.3. The molecule has 2 aromatic rings. The molecule has 0 saturated heterocycles. The number of benzene rings is 2. The Morgan fingerprint density at radius 3 is 2.64 bits per heavy atom. The number of anilines is 1. The molecule has 1 aliphatic carbocycles. The maximum Gasteiger partial charge on any atom is 0.248 e. The number of hydrogen-bond acceptors (Lipinski definition) is 4. The number of rotatable bonds is 6. The van der Waals surface area contributed by atoms with Crippen LogP contribution in [0.1, 0.15) is 41.6 Å². The average molecular weight is 340 g/mol. The molecule has 2 aromatic carbocycles. The molecule has 2 atom stereocenters. The van der Waals surface area contributed by atoms with E-state index in [-0.39, 0.29) is 12.2 Å². The molecule has 5 nitrogen and oxygen atoms in total. The summed E-state index contributed by atoms with van der Waals surface area (Å²) in [6.45, 7) is 0.600. The number of carbonyl (C=O) groups is 1. The summed E-state index contributed by atoms with van der Waals surface area (Å²) in [5.74, 6) is 0.348. The van der Waals surface area contributed by atoms with Gasteiger partial charge in [-0.1, -0.05) is 18.6 Å². The monoisotopic (exact) mass is 340 g/mol. The quantitative estimate of drug-likeness (QED) is 0.754. The number of aliphatic hydroxyl groups excluding tert-OH is 1. The van der Waals surface area contributed by atoms with Crippen LogP contribution in [0, 0.1) is 0 Å². The molecule has 0 aromatic heterocycles. The topological polar surface area (TPSA) is 84.6 Å². The smallest absolute Gasteiger partial charge is 0.248 e. The maximum absolute atomic E-state index is 11.2. The zero-order valence-electron chi connectivity index (χ0n) is 14.2. The minimum atomic E-state index is -0.423. The fourth-order valence-electron chi connectivity index (χ4n) is 3.08. The minimum Gasteiger partial charge on any atom is -0.488 e. The third-order valence-electron chi connectivity index (χ3n) is 4.52. The highest BCUT2D eigenvalue weighted by Crippen LogP contribution is 2.25.